The van der Waals surface area contributed by atoms with Gasteiger partial charge in [0, 0.05) is 17.7 Å². The Labute approximate surface area is 139 Å². The van der Waals surface area contributed by atoms with E-state index >= 15 is 0 Å². The molecule has 2 N–H and O–H groups in total. The number of amides is 1. The second-order valence-electron chi connectivity index (χ2n) is 6.01. The van der Waals surface area contributed by atoms with Gasteiger partial charge in [-0.05, 0) is 37.1 Å². The highest BCUT2D eigenvalue weighted by Crippen LogP contribution is 2.25. The SMILES string of the molecule is O=C(Nc1ccc(Nc2ccc(F)c(F)c2)nc1)C1CCCCC1. The fourth-order valence-electron chi connectivity index (χ4n) is 2.87. The van der Waals surface area contributed by atoms with Gasteiger partial charge >= 0.3 is 0 Å². The minimum absolute atomic E-state index is 0.0396. The maximum absolute atomic E-state index is 13.2. The lowest BCUT2D eigenvalue weighted by Gasteiger charge is -2.20. The molecule has 1 fully saturated rings. The molecule has 1 aliphatic carbocycles. The van der Waals surface area contributed by atoms with Gasteiger partial charge in [-0.1, -0.05) is 19.3 Å². The molecule has 1 aromatic heterocycles. The second-order valence-corrected chi connectivity index (χ2v) is 6.01. The van der Waals surface area contributed by atoms with Crippen LogP contribution in [0.2, 0.25) is 0 Å². The molecule has 126 valence electrons. The Morgan fingerprint density at radius 1 is 1.00 bits per heavy atom. The van der Waals surface area contributed by atoms with E-state index < -0.39 is 11.6 Å². The van der Waals surface area contributed by atoms with Crippen molar-refractivity contribution in [2.24, 2.45) is 5.92 Å². The minimum Gasteiger partial charge on any atom is -0.340 e. The lowest BCUT2D eigenvalue weighted by molar-refractivity contribution is -0.120. The first kappa shape index (κ1) is 16.4. The average molecular weight is 331 g/mol. The number of anilines is 3. The average Bonchev–Trinajstić information content (AvgIpc) is 2.61. The summed E-state index contributed by atoms with van der Waals surface area (Å²) in [4.78, 5) is 16.4. The third kappa shape index (κ3) is 4.07. The lowest BCUT2D eigenvalue weighted by Crippen LogP contribution is -2.24. The largest absolute Gasteiger partial charge is 0.340 e. The van der Waals surface area contributed by atoms with E-state index in [1.165, 1.54) is 12.5 Å². The maximum Gasteiger partial charge on any atom is 0.227 e. The number of nitrogens with zero attached hydrogens (tertiary/aromatic N) is 1. The van der Waals surface area contributed by atoms with Crippen molar-refractivity contribution in [3.8, 4) is 0 Å². The van der Waals surface area contributed by atoms with Crippen molar-refractivity contribution in [2.45, 2.75) is 32.1 Å². The van der Waals surface area contributed by atoms with Crippen molar-refractivity contribution < 1.29 is 13.6 Å². The zero-order valence-corrected chi connectivity index (χ0v) is 13.2. The van der Waals surface area contributed by atoms with Gasteiger partial charge in [0.2, 0.25) is 5.91 Å². The molecule has 0 bridgehead atoms. The van der Waals surface area contributed by atoms with Crippen LogP contribution in [0.15, 0.2) is 36.5 Å². The Bertz CT molecular complexity index is 713. The van der Waals surface area contributed by atoms with Crippen LogP contribution in [0.1, 0.15) is 32.1 Å². The maximum atomic E-state index is 13.2. The first-order valence-electron chi connectivity index (χ1n) is 8.11. The molecule has 3 rings (SSSR count). The van der Waals surface area contributed by atoms with Crippen molar-refractivity contribution in [3.63, 3.8) is 0 Å². The molecule has 0 radical (unpaired) electrons. The predicted molar refractivity (Wildman–Crippen MR) is 89.1 cm³/mol. The summed E-state index contributed by atoms with van der Waals surface area (Å²) in [6, 6.07) is 6.96. The van der Waals surface area contributed by atoms with E-state index in [0.717, 1.165) is 37.8 Å². The van der Waals surface area contributed by atoms with Crippen LogP contribution in [0.25, 0.3) is 0 Å². The van der Waals surface area contributed by atoms with Crippen LogP contribution in [0.4, 0.5) is 26.0 Å². The van der Waals surface area contributed by atoms with Gasteiger partial charge < -0.3 is 10.6 Å². The van der Waals surface area contributed by atoms with Crippen LogP contribution in [-0.4, -0.2) is 10.9 Å². The third-order valence-corrected chi connectivity index (χ3v) is 4.20. The van der Waals surface area contributed by atoms with Crippen LogP contribution in [0.5, 0.6) is 0 Å². The van der Waals surface area contributed by atoms with Crippen molar-refractivity contribution in [3.05, 3.63) is 48.2 Å². The first-order valence-corrected chi connectivity index (χ1v) is 8.11. The second kappa shape index (κ2) is 7.38. The molecule has 1 aliphatic rings. The summed E-state index contributed by atoms with van der Waals surface area (Å²) in [7, 11) is 0. The van der Waals surface area contributed by atoms with Crippen LogP contribution in [0.3, 0.4) is 0 Å². The number of carbonyl (C=O) groups excluding carboxylic acids is 1. The van der Waals surface area contributed by atoms with Crippen LogP contribution in [-0.2, 0) is 4.79 Å². The summed E-state index contributed by atoms with van der Waals surface area (Å²) in [6.07, 6.45) is 6.84. The molecule has 6 heteroatoms. The number of aromatic nitrogens is 1. The quantitative estimate of drug-likeness (QED) is 0.859. The topological polar surface area (TPSA) is 54.0 Å². The highest BCUT2D eigenvalue weighted by molar-refractivity contribution is 5.92. The van der Waals surface area contributed by atoms with Gasteiger partial charge in [-0.15, -0.1) is 0 Å². The molecule has 1 saturated carbocycles. The number of hydrogen-bond donors (Lipinski definition) is 2. The van der Waals surface area contributed by atoms with Crippen molar-refractivity contribution >= 4 is 23.1 Å². The smallest absolute Gasteiger partial charge is 0.227 e. The number of rotatable bonds is 4. The Hall–Kier alpha value is -2.50. The van der Waals surface area contributed by atoms with Crippen LogP contribution in [0, 0.1) is 17.6 Å². The molecule has 1 aromatic carbocycles. The van der Waals surface area contributed by atoms with Gasteiger partial charge in [0.05, 0.1) is 11.9 Å². The van der Waals surface area contributed by atoms with Gasteiger partial charge in [-0.25, -0.2) is 13.8 Å². The Morgan fingerprint density at radius 3 is 2.42 bits per heavy atom. The van der Waals surface area contributed by atoms with Crippen LogP contribution < -0.4 is 10.6 Å². The van der Waals surface area contributed by atoms with Crippen LogP contribution >= 0.6 is 0 Å². The van der Waals surface area contributed by atoms with E-state index in [0.29, 0.717) is 17.2 Å². The van der Waals surface area contributed by atoms with Gasteiger partial charge in [-0.2, -0.15) is 0 Å². The highest BCUT2D eigenvalue weighted by Gasteiger charge is 2.21. The van der Waals surface area contributed by atoms with Gasteiger partial charge in [0.1, 0.15) is 5.82 Å². The number of pyridine rings is 1. The van der Waals surface area contributed by atoms with Crippen molar-refractivity contribution in [1.29, 1.82) is 0 Å². The van der Waals surface area contributed by atoms with Gasteiger partial charge in [-0.3, -0.25) is 4.79 Å². The molecule has 0 atom stereocenters. The zero-order chi connectivity index (χ0) is 16.9. The predicted octanol–water partition coefficient (Wildman–Crippen LogP) is 4.62. The Kier molecular flexibility index (Phi) is 5.03. The van der Waals surface area contributed by atoms with E-state index in [-0.39, 0.29) is 11.8 Å². The normalized spacial score (nSPS) is 15.1. The van der Waals surface area contributed by atoms with E-state index in [9.17, 15) is 13.6 Å². The summed E-state index contributed by atoms with van der Waals surface area (Å²) in [5.74, 6) is -1.21. The number of carbonyl (C=O) groups is 1. The number of halogens is 2. The number of benzene rings is 1. The molecular formula is C18H19F2N3O. The summed E-state index contributed by atoms with van der Waals surface area (Å²) >= 11 is 0. The minimum atomic E-state index is -0.920. The van der Waals surface area contributed by atoms with E-state index in [2.05, 4.69) is 15.6 Å². The molecular weight excluding hydrogens is 312 g/mol. The fraction of sp³-hybridized carbons (Fsp3) is 0.333. The zero-order valence-electron chi connectivity index (χ0n) is 13.2. The summed E-state index contributed by atoms with van der Waals surface area (Å²) in [6.45, 7) is 0. The molecule has 0 unspecified atom stereocenters. The number of nitrogens with one attached hydrogen (secondary N) is 2. The molecule has 0 saturated heterocycles. The molecule has 1 amide bonds. The molecule has 0 aliphatic heterocycles. The molecule has 1 heterocycles. The Morgan fingerprint density at radius 2 is 1.75 bits per heavy atom. The lowest BCUT2D eigenvalue weighted by atomic mass is 9.88. The van der Waals surface area contributed by atoms with Crippen molar-refractivity contribution in [2.75, 3.05) is 10.6 Å². The van der Waals surface area contributed by atoms with Gasteiger partial charge in [0.25, 0.3) is 0 Å². The van der Waals surface area contributed by atoms with E-state index in [4.69, 9.17) is 0 Å². The molecule has 4 nitrogen and oxygen atoms in total. The van der Waals surface area contributed by atoms with Crippen molar-refractivity contribution in [1.82, 2.24) is 4.98 Å². The third-order valence-electron chi connectivity index (χ3n) is 4.20. The van der Waals surface area contributed by atoms with E-state index in [1.807, 2.05) is 0 Å². The number of hydrogen-bond acceptors (Lipinski definition) is 3. The summed E-state index contributed by atoms with van der Waals surface area (Å²) < 4.78 is 26.1. The summed E-state index contributed by atoms with van der Waals surface area (Å²) in [5, 5.41) is 5.77. The molecule has 2 aromatic rings. The molecule has 24 heavy (non-hydrogen) atoms. The molecule has 0 spiro atoms. The Balaban J connectivity index is 1.60. The highest BCUT2D eigenvalue weighted by atomic mass is 19.2. The fourth-order valence-corrected chi connectivity index (χ4v) is 2.87. The van der Waals surface area contributed by atoms with Gasteiger partial charge in [0.15, 0.2) is 11.6 Å². The monoisotopic (exact) mass is 331 g/mol. The first-order chi connectivity index (χ1) is 11.6. The standard InChI is InChI=1S/C18H19F2N3O/c19-15-8-6-13(10-16(15)20)22-17-9-7-14(11-21-17)23-18(24)12-4-2-1-3-5-12/h6-12H,1-5H2,(H,21,22)(H,23,24). The van der Waals surface area contributed by atoms with E-state index in [1.54, 1.807) is 18.3 Å². The summed E-state index contributed by atoms with van der Waals surface area (Å²) in [5.41, 5.74) is 1.03.